The fourth-order valence-electron chi connectivity index (χ4n) is 1.36. The largest absolute Gasteiger partial charge is 0.465 e. The summed E-state index contributed by atoms with van der Waals surface area (Å²) in [5.41, 5.74) is 5.38. The zero-order valence-electron chi connectivity index (χ0n) is 7.48. The first kappa shape index (κ1) is 8.83. The van der Waals surface area contributed by atoms with Crippen molar-refractivity contribution in [2.24, 2.45) is 0 Å². The molecule has 1 aliphatic rings. The van der Waals surface area contributed by atoms with Gasteiger partial charge < -0.3 is 20.0 Å². The Balaban J connectivity index is 2.72. The van der Waals surface area contributed by atoms with Crippen molar-refractivity contribution < 1.29 is 14.3 Å². The standard InChI is InChI=1S/C9H9NO4/c1-4-2-5-6(8(11)13-4)3-7(10)14-9(5)12/h2-3,8,11H,10H2,1H3. The van der Waals surface area contributed by atoms with Gasteiger partial charge in [-0.1, -0.05) is 0 Å². The summed E-state index contributed by atoms with van der Waals surface area (Å²) in [6, 6.07) is 1.38. The van der Waals surface area contributed by atoms with Crippen LogP contribution in [0.1, 0.15) is 24.3 Å². The predicted octanol–water partition coefficient (Wildman–Crippen LogP) is 0.604. The average Bonchev–Trinajstić information content (AvgIpc) is 2.07. The second-order valence-corrected chi connectivity index (χ2v) is 3.03. The topological polar surface area (TPSA) is 85.7 Å². The molecule has 74 valence electrons. The first-order valence-corrected chi connectivity index (χ1v) is 4.04. The fraction of sp³-hybridized carbons (Fsp3) is 0.222. The number of nitrogens with two attached hydrogens (primary N) is 1. The molecule has 1 aromatic heterocycles. The smallest absolute Gasteiger partial charge is 0.345 e. The lowest BCUT2D eigenvalue weighted by atomic mass is 10.1. The van der Waals surface area contributed by atoms with Crippen molar-refractivity contribution in [1.82, 2.24) is 0 Å². The highest BCUT2D eigenvalue weighted by Crippen LogP contribution is 2.28. The lowest BCUT2D eigenvalue weighted by Crippen LogP contribution is -2.17. The third-order valence-electron chi connectivity index (χ3n) is 1.95. The third kappa shape index (κ3) is 1.27. The van der Waals surface area contributed by atoms with E-state index in [0.717, 1.165) is 0 Å². The molecule has 1 aromatic rings. The number of allylic oxidation sites excluding steroid dienone is 1. The molecule has 0 fully saturated rings. The van der Waals surface area contributed by atoms with E-state index in [4.69, 9.17) is 10.5 Å². The molecule has 5 heteroatoms. The van der Waals surface area contributed by atoms with Crippen molar-refractivity contribution in [3.8, 4) is 0 Å². The molecule has 0 saturated carbocycles. The van der Waals surface area contributed by atoms with E-state index in [0.29, 0.717) is 11.3 Å². The van der Waals surface area contributed by atoms with Crippen LogP contribution in [0.15, 0.2) is 21.0 Å². The van der Waals surface area contributed by atoms with E-state index in [-0.39, 0.29) is 11.4 Å². The number of aliphatic hydroxyl groups excluding tert-OH is 1. The molecule has 0 spiro atoms. The summed E-state index contributed by atoms with van der Waals surface area (Å²) in [6.45, 7) is 1.64. The predicted molar refractivity (Wildman–Crippen MR) is 49.1 cm³/mol. The van der Waals surface area contributed by atoms with Crippen LogP contribution in [0.25, 0.3) is 6.08 Å². The van der Waals surface area contributed by atoms with Crippen LogP contribution >= 0.6 is 0 Å². The number of fused-ring (bicyclic) bond motifs is 1. The second kappa shape index (κ2) is 2.88. The number of hydrogen-bond acceptors (Lipinski definition) is 5. The van der Waals surface area contributed by atoms with E-state index in [1.807, 2.05) is 0 Å². The van der Waals surface area contributed by atoms with Crippen molar-refractivity contribution in [3.05, 3.63) is 33.4 Å². The molecule has 0 aromatic carbocycles. The zero-order chi connectivity index (χ0) is 10.3. The molecule has 1 atom stereocenters. The van der Waals surface area contributed by atoms with E-state index < -0.39 is 11.9 Å². The molecule has 0 aliphatic carbocycles. The Bertz CT molecular complexity index is 460. The van der Waals surface area contributed by atoms with Crippen LogP contribution in [0.4, 0.5) is 5.88 Å². The first-order valence-electron chi connectivity index (χ1n) is 4.04. The van der Waals surface area contributed by atoms with Crippen molar-refractivity contribution >= 4 is 12.0 Å². The van der Waals surface area contributed by atoms with Crippen LogP contribution in [-0.4, -0.2) is 5.11 Å². The molecule has 2 heterocycles. The minimum absolute atomic E-state index is 0.0376. The van der Waals surface area contributed by atoms with Crippen LogP contribution in [0.2, 0.25) is 0 Å². The molecule has 5 nitrogen and oxygen atoms in total. The monoisotopic (exact) mass is 195 g/mol. The van der Waals surface area contributed by atoms with Gasteiger partial charge in [0.1, 0.15) is 0 Å². The lowest BCUT2D eigenvalue weighted by molar-refractivity contribution is -0.0693. The maximum Gasteiger partial charge on any atom is 0.345 e. The van der Waals surface area contributed by atoms with Gasteiger partial charge >= 0.3 is 5.63 Å². The normalized spacial score (nSPS) is 19.6. The van der Waals surface area contributed by atoms with Crippen molar-refractivity contribution in [3.63, 3.8) is 0 Å². The van der Waals surface area contributed by atoms with Gasteiger partial charge in [0.15, 0.2) is 5.88 Å². The zero-order valence-corrected chi connectivity index (χ0v) is 7.48. The SMILES string of the molecule is CC1=Cc2c(cc(N)oc2=O)C(O)O1. The van der Waals surface area contributed by atoms with Gasteiger partial charge in [-0.3, -0.25) is 0 Å². The molecule has 0 radical (unpaired) electrons. The van der Waals surface area contributed by atoms with E-state index in [2.05, 4.69) is 4.42 Å². The number of ether oxygens (including phenoxy) is 1. The lowest BCUT2D eigenvalue weighted by Gasteiger charge is -2.20. The first-order chi connectivity index (χ1) is 6.58. The minimum atomic E-state index is -1.15. The number of hydrogen-bond donors (Lipinski definition) is 2. The molecular formula is C9H9NO4. The molecule has 0 bridgehead atoms. The molecular weight excluding hydrogens is 186 g/mol. The molecule has 0 amide bonds. The Labute approximate surface area is 79.4 Å². The highest BCUT2D eigenvalue weighted by atomic mass is 16.6. The maximum atomic E-state index is 11.3. The van der Waals surface area contributed by atoms with Gasteiger partial charge in [0.05, 0.1) is 11.3 Å². The third-order valence-corrected chi connectivity index (χ3v) is 1.95. The van der Waals surface area contributed by atoms with Crippen molar-refractivity contribution in [1.29, 1.82) is 0 Å². The van der Waals surface area contributed by atoms with Gasteiger partial charge in [-0.15, -0.1) is 0 Å². The summed E-state index contributed by atoms with van der Waals surface area (Å²) in [5.74, 6) is 0.423. The molecule has 1 unspecified atom stereocenters. The molecule has 14 heavy (non-hydrogen) atoms. The Morgan fingerprint density at radius 2 is 2.29 bits per heavy atom. The van der Waals surface area contributed by atoms with Gasteiger partial charge in [-0.05, 0) is 13.0 Å². The Hall–Kier alpha value is -1.75. The molecule has 0 saturated heterocycles. The Morgan fingerprint density at radius 3 is 3.00 bits per heavy atom. The van der Waals surface area contributed by atoms with E-state index in [9.17, 15) is 9.90 Å². The summed E-state index contributed by atoms with van der Waals surface area (Å²) in [5, 5.41) is 9.48. The summed E-state index contributed by atoms with van der Waals surface area (Å²) in [7, 11) is 0. The number of nitrogen functional groups attached to an aromatic ring is 1. The van der Waals surface area contributed by atoms with Gasteiger partial charge in [0.25, 0.3) is 0 Å². The fourth-order valence-corrected chi connectivity index (χ4v) is 1.36. The highest BCUT2D eigenvalue weighted by Gasteiger charge is 2.22. The molecule has 3 N–H and O–H groups in total. The average molecular weight is 195 g/mol. The second-order valence-electron chi connectivity index (χ2n) is 3.03. The molecule has 1 aliphatic heterocycles. The molecule has 2 rings (SSSR count). The van der Waals surface area contributed by atoms with Crippen LogP contribution < -0.4 is 11.4 Å². The highest BCUT2D eigenvalue weighted by molar-refractivity contribution is 5.57. The quantitative estimate of drug-likeness (QED) is 0.633. The van der Waals surface area contributed by atoms with Gasteiger partial charge in [-0.2, -0.15) is 0 Å². The van der Waals surface area contributed by atoms with Crippen LogP contribution in [0, 0.1) is 0 Å². The van der Waals surface area contributed by atoms with Crippen molar-refractivity contribution in [2.75, 3.05) is 5.73 Å². The van der Waals surface area contributed by atoms with Gasteiger partial charge in [0.2, 0.25) is 6.29 Å². The minimum Gasteiger partial charge on any atom is -0.465 e. The van der Waals surface area contributed by atoms with Crippen LogP contribution in [0.3, 0.4) is 0 Å². The van der Waals surface area contributed by atoms with E-state index in [1.165, 1.54) is 12.1 Å². The number of anilines is 1. The van der Waals surface area contributed by atoms with Gasteiger partial charge in [0, 0.05) is 11.6 Å². The van der Waals surface area contributed by atoms with E-state index >= 15 is 0 Å². The summed E-state index contributed by atoms with van der Waals surface area (Å²) >= 11 is 0. The number of rotatable bonds is 0. The Morgan fingerprint density at radius 1 is 1.57 bits per heavy atom. The van der Waals surface area contributed by atoms with Crippen molar-refractivity contribution in [2.45, 2.75) is 13.2 Å². The van der Waals surface area contributed by atoms with Crippen LogP contribution in [-0.2, 0) is 4.74 Å². The number of aliphatic hydroxyl groups is 1. The summed E-state index contributed by atoms with van der Waals surface area (Å²) < 4.78 is 9.69. The summed E-state index contributed by atoms with van der Waals surface area (Å²) in [4.78, 5) is 11.3. The maximum absolute atomic E-state index is 11.3. The van der Waals surface area contributed by atoms with E-state index in [1.54, 1.807) is 6.92 Å². The van der Waals surface area contributed by atoms with Gasteiger partial charge in [-0.25, -0.2) is 4.79 Å². The summed E-state index contributed by atoms with van der Waals surface area (Å²) in [6.07, 6.45) is 0.356. The van der Waals surface area contributed by atoms with Crippen LogP contribution in [0.5, 0.6) is 0 Å². The Kier molecular flexibility index (Phi) is 1.82.